The van der Waals surface area contributed by atoms with Crippen LogP contribution in [-0.2, 0) is 30.3 Å². The second-order valence-corrected chi connectivity index (χ2v) is 13.4. The molecule has 2 heterocycles. The van der Waals surface area contributed by atoms with Gasteiger partial charge in [0.25, 0.3) is 5.91 Å². The van der Waals surface area contributed by atoms with Gasteiger partial charge in [-0.05, 0) is 76.7 Å². The van der Waals surface area contributed by atoms with E-state index in [0.29, 0.717) is 57.2 Å². The highest BCUT2D eigenvalue weighted by Crippen LogP contribution is 2.56. The lowest BCUT2D eigenvalue weighted by atomic mass is 9.66. The van der Waals surface area contributed by atoms with Crippen LogP contribution in [0.3, 0.4) is 0 Å². The summed E-state index contributed by atoms with van der Waals surface area (Å²) in [4.78, 5) is 39.6. The summed E-state index contributed by atoms with van der Waals surface area (Å²) < 4.78 is 45.8. The lowest BCUT2D eigenvalue weighted by molar-refractivity contribution is -0.153. The minimum absolute atomic E-state index is 0.0391. The number of cyclic esters (lactones) is 1. The second-order valence-electron chi connectivity index (χ2n) is 13.4. The van der Waals surface area contributed by atoms with Gasteiger partial charge in [-0.3, -0.25) is 14.4 Å². The number of carbonyl (C=O) groups excluding carboxylic acids is 3. The molecule has 0 unspecified atom stereocenters. The number of rotatable bonds is 12. The Labute approximate surface area is 307 Å². The molecule has 4 aromatic rings. The molecule has 0 aromatic heterocycles. The van der Waals surface area contributed by atoms with Gasteiger partial charge in [-0.1, -0.05) is 38.1 Å². The predicted octanol–water partition coefficient (Wildman–Crippen LogP) is 6.34. The van der Waals surface area contributed by atoms with Gasteiger partial charge < -0.3 is 43.2 Å². The third-order valence-electron chi connectivity index (χ3n) is 9.93. The van der Waals surface area contributed by atoms with Gasteiger partial charge in [-0.15, -0.1) is 0 Å². The summed E-state index contributed by atoms with van der Waals surface area (Å²) in [5.74, 6) is 0.468. The Bertz CT molecular complexity index is 1980. The van der Waals surface area contributed by atoms with Crippen LogP contribution in [0.25, 0.3) is 0 Å². The van der Waals surface area contributed by atoms with Crippen molar-refractivity contribution < 1.29 is 52.3 Å². The molecule has 12 heteroatoms. The van der Waals surface area contributed by atoms with Crippen molar-refractivity contribution in [3.05, 3.63) is 101 Å². The molecule has 0 saturated carbocycles. The second kappa shape index (κ2) is 15.0. The Morgan fingerprint density at radius 1 is 0.830 bits per heavy atom. The van der Waals surface area contributed by atoms with E-state index in [1.807, 2.05) is 48.5 Å². The molecule has 3 aliphatic rings. The van der Waals surface area contributed by atoms with E-state index in [1.54, 1.807) is 24.3 Å². The van der Waals surface area contributed by atoms with E-state index in [1.165, 1.54) is 26.9 Å². The number of benzene rings is 4. The van der Waals surface area contributed by atoms with Crippen molar-refractivity contribution in [3.63, 3.8) is 0 Å². The maximum Gasteiger partial charge on any atom is 0.310 e. The quantitative estimate of drug-likeness (QED) is 0.164. The lowest BCUT2D eigenvalue weighted by Crippen LogP contribution is -2.36. The predicted molar refractivity (Wildman–Crippen MR) is 192 cm³/mol. The van der Waals surface area contributed by atoms with Crippen molar-refractivity contribution >= 4 is 23.5 Å². The van der Waals surface area contributed by atoms with E-state index >= 15 is 0 Å². The molecule has 1 aliphatic carbocycles. The van der Waals surface area contributed by atoms with Crippen LogP contribution in [0.1, 0.15) is 59.6 Å². The molecule has 1 fully saturated rings. The molecule has 0 bridgehead atoms. The SMILES string of the molecule is COc1cc([C@@H]2c3cc4c(cc3[C@H](OC(=O)Cc3ccc(NC(=O)COc5ccc(C(C)C)cc5)cc3)[C@H]3COC(=O)[C@H]23)OCO4)cc(OC)c1OC. The summed E-state index contributed by atoms with van der Waals surface area (Å²) in [6.07, 6.45) is -0.843. The van der Waals surface area contributed by atoms with Gasteiger partial charge in [-0.2, -0.15) is 0 Å². The molecule has 4 atom stereocenters. The minimum atomic E-state index is -0.804. The van der Waals surface area contributed by atoms with Crippen molar-refractivity contribution in [1.29, 1.82) is 0 Å². The molecule has 1 N–H and O–H groups in total. The highest BCUT2D eigenvalue weighted by atomic mass is 16.7. The van der Waals surface area contributed by atoms with Gasteiger partial charge in [-0.25, -0.2) is 0 Å². The first-order valence-corrected chi connectivity index (χ1v) is 17.4. The van der Waals surface area contributed by atoms with Crippen LogP contribution in [0.15, 0.2) is 72.8 Å². The molecule has 276 valence electrons. The summed E-state index contributed by atoms with van der Waals surface area (Å²) >= 11 is 0. The Balaban J connectivity index is 1.08. The van der Waals surface area contributed by atoms with Crippen LogP contribution < -0.4 is 33.7 Å². The Kier molecular flexibility index (Phi) is 10.0. The van der Waals surface area contributed by atoms with Gasteiger partial charge in [0, 0.05) is 23.1 Å². The van der Waals surface area contributed by atoms with Crippen LogP contribution in [0.4, 0.5) is 5.69 Å². The largest absolute Gasteiger partial charge is 0.493 e. The fraction of sp³-hybridized carbons (Fsp3) is 0.341. The number of carbonyl (C=O) groups is 3. The smallest absolute Gasteiger partial charge is 0.310 e. The third-order valence-corrected chi connectivity index (χ3v) is 9.93. The highest BCUT2D eigenvalue weighted by molar-refractivity contribution is 5.92. The van der Waals surface area contributed by atoms with E-state index in [4.69, 9.17) is 37.9 Å². The molecule has 0 radical (unpaired) electrons. The van der Waals surface area contributed by atoms with Gasteiger partial charge in [0.05, 0.1) is 40.3 Å². The number of fused-ring (bicyclic) bond motifs is 3. The van der Waals surface area contributed by atoms with Crippen LogP contribution in [-0.4, -0.2) is 59.2 Å². The summed E-state index contributed by atoms with van der Waals surface area (Å²) in [6.45, 7) is 4.19. The van der Waals surface area contributed by atoms with Crippen LogP contribution in [0.5, 0.6) is 34.5 Å². The molecule has 53 heavy (non-hydrogen) atoms. The van der Waals surface area contributed by atoms with Gasteiger partial charge >= 0.3 is 11.9 Å². The van der Waals surface area contributed by atoms with E-state index in [-0.39, 0.29) is 32.3 Å². The number of hydrogen-bond donors (Lipinski definition) is 1. The molecule has 12 nitrogen and oxygen atoms in total. The third kappa shape index (κ3) is 7.13. The zero-order valence-corrected chi connectivity index (χ0v) is 30.1. The summed E-state index contributed by atoms with van der Waals surface area (Å²) in [5.41, 5.74) is 4.59. The lowest BCUT2D eigenvalue weighted by Gasteiger charge is -2.38. The number of esters is 2. The summed E-state index contributed by atoms with van der Waals surface area (Å²) in [5, 5.41) is 2.82. The number of amides is 1. The first-order valence-electron chi connectivity index (χ1n) is 17.4. The normalized spacial score (nSPS) is 19.5. The molecule has 2 aliphatic heterocycles. The van der Waals surface area contributed by atoms with E-state index in [2.05, 4.69) is 19.2 Å². The zero-order chi connectivity index (χ0) is 37.2. The van der Waals surface area contributed by atoms with Crippen molar-refractivity contribution in [2.75, 3.05) is 46.7 Å². The van der Waals surface area contributed by atoms with Gasteiger partial charge in [0.2, 0.25) is 12.5 Å². The number of nitrogens with one attached hydrogen (secondary N) is 1. The van der Waals surface area contributed by atoms with Crippen molar-refractivity contribution in [2.45, 2.75) is 38.2 Å². The first kappa shape index (κ1) is 35.5. The monoisotopic (exact) mass is 723 g/mol. The van der Waals surface area contributed by atoms with E-state index in [9.17, 15) is 14.4 Å². The Morgan fingerprint density at radius 3 is 2.11 bits per heavy atom. The maximum atomic E-state index is 13.6. The summed E-state index contributed by atoms with van der Waals surface area (Å²) in [7, 11) is 4.59. The number of ether oxygens (including phenoxy) is 8. The highest BCUT2D eigenvalue weighted by Gasteiger charge is 2.54. The van der Waals surface area contributed by atoms with E-state index in [0.717, 1.165) is 11.1 Å². The minimum Gasteiger partial charge on any atom is -0.493 e. The Hall–Kier alpha value is -5.91. The van der Waals surface area contributed by atoms with Crippen molar-refractivity contribution in [2.24, 2.45) is 11.8 Å². The van der Waals surface area contributed by atoms with Crippen molar-refractivity contribution in [3.8, 4) is 34.5 Å². The zero-order valence-electron chi connectivity index (χ0n) is 30.1. The number of hydrogen-bond acceptors (Lipinski definition) is 11. The number of methoxy groups -OCH3 is 3. The maximum absolute atomic E-state index is 13.6. The topological polar surface area (TPSA) is 137 Å². The number of anilines is 1. The average Bonchev–Trinajstić information content (AvgIpc) is 3.79. The van der Waals surface area contributed by atoms with Crippen LogP contribution in [0.2, 0.25) is 0 Å². The van der Waals surface area contributed by atoms with Gasteiger partial charge in [0.15, 0.2) is 29.6 Å². The molecule has 4 aromatic carbocycles. The van der Waals surface area contributed by atoms with Crippen molar-refractivity contribution in [1.82, 2.24) is 0 Å². The fourth-order valence-corrected chi connectivity index (χ4v) is 7.29. The Morgan fingerprint density at radius 2 is 1.49 bits per heavy atom. The van der Waals surface area contributed by atoms with Gasteiger partial charge in [0.1, 0.15) is 11.9 Å². The molecular formula is C41H41NO11. The molecule has 7 rings (SSSR count). The van der Waals surface area contributed by atoms with Crippen LogP contribution in [0, 0.1) is 11.8 Å². The van der Waals surface area contributed by atoms with E-state index < -0.39 is 35.8 Å². The molecule has 1 amide bonds. The summed E-state index contributed by atoms with van der Waals surface area (Å²) in [6, 6.07) is 21.9. The molecule has 1 saturated heterocycles. The fourth-order valence-electron chi connectivity index (χ4n) is 7.29. The first-order chi connectivity index (χ1) is 25.7. The van der Waals surface area contributed by atoms with Crippen LogP contribution >= 0.6 is 0 Å². The molecule has 0 spiro atoms. The average molecular weight is 724 g/mol. The molecular weight excluding hydrogens is 682 g/mol. The standard InChI is InChI=1S/C41H41NO11/c1-22(2)24-8-12-27(13-9-24)49-20-35(43)42-26-10-6-23(7-11-26)14-36(44)53-39-29-18-32-31(51-21-52-32)17-28(29)37(38-30(39)19-50-41(38)45)25-15-33(46-3)40(48-5)34(16-25)47-4/h6-13,15-18,22,30,37-39H,14,19-21H2,1-5H3,(H,42,43)/t30-,37+,38-,39-/m0/s1.